The molecule has 0 saturated carbocycles. The Bertz CT molecular complexity index is 603. The van der Waals surface area contributed by atoms with Crippen molar-refractivity contribution in [3.05, 3.63) is 18.2 Å². The summed E-state index contributed by atoms with van der Waals surface area (Å²) in [4.78, 5) is 0.223. The van der Waals surface area contributed by atoms with Gasteiger partial charge in [0, 0.05) is 31.2 Å². The molecule has 1 saturated heterocycles. The number of piperazine rings is 1. The van der Waals surface area contributed by atoms with Gasteiger partial charge in [-0.2, -0.15) is 4.31 Å². The lowest BCUT2D eigenvalue weighted by Crippen LogP contribution is -2.57. The van der Waals surface area contributed by atoms with E-state index in [1.54, 1.807) is 12.1 Å². The maximum absolute atomic E-state index is 12.8. The van der Waals surface area contributed by atoms with Crippen molar-refractivity contribution in [3.63, 3.8) is 0 Å². The third-order valence-corrected chi connectivity index (χ3v) is 5.92. The summed E-state index contributed by atoms with van der Waals surface area (Å²) in [6, 6.07) is 4.69. The van der Waals surface area contributed by atoms with Gasteiger partial charge in [0.15, 0.2) is 11.5 Å². The molecule has 2 rings (SSSR count). The summed E-state index contributed by atoms with van der Waals surface area (Å²) < 4.78 is 37.5. The van der Waals surface area contributed by atoms with Crippen LogP contribution in [-0.2, 0) is 10.0 Å². The number of sulfonamides is 1. The van der Waals surface area contributed by atoms with E-state index in [4.69, 9.17) is 9.47 Å². The van der Waals surface area contributed by atoms with Gasteiger partial charge in [-0.05, 0) is 26.0 Å². The molecule has 1 aromatic carbocycles. The third kappa shape index (κ3) is 3.00. The van der Waals surface area contributed by atoms with Gasteiger partial charge < -0.3 is 14.8 Å². The van der Waals surface area contributed by atoms with Crippen LogP contribution in [0.2, 0.25) is 0 Å². The zero-order chi connectivity index (χ0) is 15.6. The lowest BCUT2D eigenvalue weighted by atomic mass is 10.1. The van der Waals surface area contributed by atoms with Gasteiger partial charge in [-0.25, -0.2) is 8.42 Å². The van der Waals surface area contributed by atoms with Crippen LogP contribution in [-0.4, -0.2) is 52.1 Å². The van der Waals surface area contributed by atoms with Crippen LogP contribution >= 0.6 is 0 Å². The molecule has 1 aromatic rings. The van der Waals surface area contributed by atoms with E-state index < -0.39 is 10.0 Å². The van der Waals surface area contributed by atoms with E-state index in [-0.39, 0.29) is 17.0 Å². The summed E-state index contributed by atoms with van der Waals surface area (Å²) in [5.74, 6) is 0.924. The second-order valence-electron chi connectivity index (χ2n) is 5.12. The van der Waals surface area contributed by atoms with E-state index in [1.165, 1.54) is 24.6 Å². The minimum absolute atomic E-state index is 0.100. The van der Waals surface area contributed by atoms with Crippen molar-refractivity contribution in [1.29, 1.82) is 0 Å². The summed E-state index contributed by atoms with van der Waals surface area (Å²) in [6.07, 6.45) is 0. The molecule has 1 aliphatic heterocycles. The summed E-state index contributed by atoms with van der Waals surface area (Å²) in [5, 5.41) is 3.28. The first-order chi connectivity index (χ1) is 9.91. The molecule has 1 heterocycles. The van der Waals surface area contributed by atoms with Crippen molar-refractivity contribution < 1.29 is 17.9 Å². The first-order valence-corrected chi connectivity index (χ1v) is 8.33. The standard InChI is InChI=1S/C14H22N2O4S/c1-10-11(2)16(8-7-15-10)21(17,18)12-5-6-13(19-3)14(9-12)20-4/h5-6,9-11,15H,7-8H2,1-4H3. The van der Waals surface area contributed by atoms with E-state index in [0.717, 1.165) is 0 Å². The van der Waals surface area contributed by atoms with Crippen LogP contribution in [0.5, 0.6) is 11.5 Å². The predicted octanol–water partition coefficient (Wildman–Crippen LogP) is 1.07. The molecule has 0 spiro atoms. The van der Waals surface area contributed by atoms with Gasteiger partial charge in [0.25, 0.3) is 0 Å². The third-order valence-electron chi connectivity index (χ3n) is 3.94. The van der Waals surface area contributed by atoms with Gasteiger partial charge in [-0.3, -0.25) is 0 Å². The smallest absolute Gasteiger partial charge is 0.243 e. The molecule has 7 heteroatoms. The van der Waals surface area contributed by atoms with Crippen LogP contribution in [0, 0.1) is 0 Å². The SMILES string of the molecule is COc1ccc(S(=O)(=O)N2CCNC(C)C2C)cc1OC. The summed E-state index contributed by atoms with van der Waals surface area (Å²) in [5.41, 5.74) is 0. The molecule has 2 unspecified atom stereocenters. The predicted molar refractivity (Wildman–Crippen MR) is 80.4 cm³/mol. The topological polar surface area (TPSA) is 67.9 Å². The molecule has 0 radical (unpaired) electrons. The molecule has 1 N–H and O–H groups in total. The highest BCUT2D eigenvalue weighted by atomic mass is 32.2. The van der Waals surface area contributed by atoms with Crippen molar-refractivity contribution in [2.75, 3.05) is 27.3 Å². The van der Waals surface area contributed by atoms with E-state index in [2.05, 4.69) is 5.32 Å². The molecule has 2 atom stereocenters. The van der Waals surface area contributed by atoms with Gasteiger partial charge in [0.05, 0.1) is 19.1 Å². The number of rotatable bonds is 4. The van der Waals surface area contributed by atoms with E-state index in [9.17, 15) is 8.42 Å². The summed E-state index contributed by atoms with van der Waals surface area (Å²) in [7, 11) is -0.534. The van der Waals surface area contributed by atoms with Crippen LogP contribution in [0.25, 0.3) is 0 Å². The molecule has 6 nitrogen and oxygen atoms in total. The highest BCUT2D eigenvalue weighted by molar-refractivity contribution is 7.89. The Labute approximate surface area is 126 Å². The van der Waals surface area contributed by atoms with E-state index in [0.29, 0.717) is 24.6 Å². The van der Waals surface area contributed by atoms with Gasteiger partial charge in [0.1, 0.15) is 0 Å². The number of benzene rings is 1. The largest absolute Gasteiger partial charge is 0.493 e. The number of nitrogens with zero attached hydrogens (tertiary/aromatic N) is 1. The Hall–Kier alpha value is -1.31. The molecule has 0 amide bonds. The number of methoxy groups -OCH3 is 2. The van der Waals surface area contributed by atoms with Gasteiger partial charge in [-0.15, -0.1) is 0 Å². The summed E-state index contributed by atoms with van der Waals surface area (Å²) in [6.45, 7) is 5.01. The monoisotopic (exact) mass is 314 g/mol. The Morgan fingerprint density at radius 2 is 1.86 bits per heavy atom. The Morgan fingerprint density at radius 1 is 1.19 bits per heavy atom. The van der Waals surface area contributed by atoms with Crippen LogP contribution < -0.4 is 14.8 Å². The van der Waals surface area contributed by atoms with Crippen LogP contribution in [0.3, 0.4) is 0 Å². The zero-order valence-electron chi connectivity index (χ0n) is 12.8. The van der Waals surface area contributed by atoms with Crippen LogP contribution in [0.1, 0.15) is 13.8 Å². The Morgan fingerprint density at radius 3 is 2.48 bits per heavy atom. The lowest BCUT2D eigenvalue weighted by Gasteiger charge is -2.37. The van der Waals surface area contributed by atoms with Crippen LogP contribution in [0.15, 0.2) is 23.1 Å². The second kappa shape index (κ2) is 6.21. The zero-order valence-corrected chi connectivity index (χ0v) is 13.6. The van der Waals surface area contributed by atoms with E-state index >= 15 is 0 Å². The lowest BCUT2D eigenvalue weighted by molar-refractivity contribution is 0.232. The maximum atomic E-state index is 12.8. The van der Waals surface area contributed by atoms with Crippen molar-refractivity contribution in [1.82, 2.24) is 9.62 Å². The normalized spacial score (nSPS) is 23.8. The van der Waals surface area contributed by atoms with Gasteiger partial charge in [-0.1, -0.05) is 0 Å². The highest BCUT2D eigenvalue weighted by Crippen LogP contribution is 2.31. The number of ether oxygens (including phenoxy) is 2. The van der Waals surface area contributed by atoms with Crippen LogP contribution in [0.4, 0.5) is 0 Å². The molecule has 21 heavy (non-hydrogen) atoms. The fraction of sp³-hybridized carbons (Fsp3) is 0.571. The highest BCUT2D eigenvalue weighted by Gasteiger charge is 2.34. The molecule has 0 aromatic heterocycles. The fourth-order valence-electron chi connectivity index (χ4n) is 2.48. The van der Waals surface area contributed by atoms with Gasteiger partial charge in [0.2, 0.25) is 10.0 Å². The fourth-order valence-corrected chi connectivity index (χ4v) is 4.20. The molecule has 0 bridgehead atoms. The second-order valence-corrected chi connectivity index (χ2v) is 7.01. The minimum Gasteiger partial charge on any atom is -0.493 e. The number of nitrogens with one attached hydrogen (secondary N) is 1. The van der Waals surface area contributed by atoms with Crippen molar-refractivity contribution in [2.24, 2.45) is 0 Å². The molecule has 1 aliphatic rings. The van der Waals surface area contributed by atoms with E-state index in [1.807, 2.05) is 13.8 Å². The number of hydrogen-bond donors (Lipinski definition) is 1. The average Bonchev–Trinajstić information content (AvgIpc) is 2.49. The number of hydrogen-bond acceptors (Lipinski definition) is 5. The quantitative estimate of drug-likeness (QED) is 0.900. The Kier molecular flexibility index (Phi) is 4.75. The molecular weight excluding hydrogens is 292 g/mol. The Balaban J connectivity index is 2.39. The maximum Gasteiger partial charge on any atom is 0.243 e. The summed E-state index contributed by atoms with van der Waals surface area (Å²) >= 11 is 0. The molecule has 1 fully saturated rings. The van der Waals surface area contributed by atoms with Crippen molar-refractivity contribution >= 4 is 10.0 Å². The first kappa shape index (κ1) is 16.1. The van der Waals surface area contributed by atoms with Crippen molar-refractivity contribution in [3.8, 4) is 11.5 Å². The van der Waals surface area contributed by atoms with Gasteiger partial charge >= 0.3 is 0 Å². The van der Waals surface area contributed by atoms with Crippen molar-refractivity contribution in [2.45, 2.75) is 30.8 Å². The first-order valence-electron chi connectivity index (χ1n) is 6.89. The molecular formula is C14H22N2O4S. The molecule has 0 aliphatic carbocycles. The molecule has 118 valence electrons. The minimum atomic E-state index is -3.54. The average molecular weight is 314 g/mol.